The van der Waals surface area contributed by atoms with Crippen molar-refractivity contribution in [1.82, 2.24) is 15.6 Å². The van der Waals surface area contributed by atoms with E-state index in [1.807, 2.05) is 13.8 Å². The highest BCUT2D eigenvalue weighted by Crippen LogP contribution is 2.19. The molecule has 1 heterocycles. The molecule has 2 N–H and O–H groups in total. The Balaban J connectivity index is 1.62. The fourth-order valence-corrected chi connectivity index (χ4v) is 3.19. The van der Waals surface area contributed by atoms with Crippen LogP contribution in [0, 0.1) is 13.8 Å². The van der Waals surface area contributed by atoms with Crippen LogP contribution >= 0.6 is 0 Å². The van der Waals surface area contributed by atoms with E-state index >= 15 is 0 Å². The summed E-state index contributed by atoms with van der Waals surface area (Å²) < 4.78 is 11.6. The maximum absolute atomic E-state index is 6.04. The van der Waals surface area contributed by atoms with Gasteiger partial charge in [-0.15, -0.1) is 0 Å². The van der Waals surface area contributed by atoms with Gasteiger partial charge < -0.3 is 19.8 Å². The number of hydrogen-bond donors (Lipinski definition) is 2. The number of hydrogen-bond acceptors (Lipinski definition) is 4. The molecule has 148 valence electrons. The Bertz CT molecular complexity index is 514. The zero-order valence-corrected chi connectivity index (χ0v) is 16.8. The van der Waals surface area contributed by atoms with Crippen LogP contribution < -0.4 is 10.6 Å². The Hall–Kier alpha value is -1.56. The highest BCUT2D eigenvalue weighted by atomic mass is 16.5. The lowest BCUT2D eigenvalue weighted by atomic mass is 10.1. The van der Waals surface area contributed by atoms with Gasteiger partial charge in [-0.1, -0.05) is 25.7 Å². The van der Waals surface area contributed by atoms with Gasteiger partial charge in [-0.3, -0.25) is 0 Å². The van der Waals surface area contributed by atoms with Crippen molar-refractivity contribution < 1.29 is 9.15 Å². The molecule has 1 aromatic heterocycles. The smallest absolute Gasteiger partial charge is 0.216 e. The molecule has 1 saturated carbocycles. The third kappa shape index (κ3) is 7.77. The lowest BCUT2D eigenvalue weighted by Gasteiger charge is -2.15. The summed E-state index contributed by atoms with van der Waals surface area (Å²) >= 11 is 0. The second-order valence-electron chi connectivity index (χ2n) is 7.06. The topological polar surface area (TPSA) is 71.7 Å². The largest absolute Gasteiger partial charge is 0.444 e. The predicted octanol–water partition coefficient (Wildman–Crippen LogP) is 3.87. The fourth-order valence-electron chi connectivity index (χ4n) is 3.19. The molecule has 0 aliphatic heterocycles. The highest BCUT2D eigenvalue weighted by Gasteiger charge is 2.12. The third-order valence-electron chi connectivity index (χ3n) is 4.81. The number of aliphatic imine (C=N–C) groups is 1. The Morgan fingerprint density at radius 3 is 2.58 bits per heavy atom. The molecule has 26 heavy (non-hydrogen) atoms. The van der Waals surface area contributed by atoms with Gasteiger partial charge >= 0.3 is 0 Å². The van der Waals surface area contributed by atoms with Crippen LogP contribution in [0.1, 0.15) is 75.6 Å². The van der Waals surface area contributed by atoms with E-state index in [0.29, 0.717) is 18.5 Å². The van der Waals surface area contributed by atoms with Crippen LogP contribution in [0.3, 0.4) is 0 Å². The molecule has 0 aromatic carbocycles. The first kappa shape index (κ1) is 20.7. The number of nitrogens with one attached hydrogen (secondary N) is 2. The van der Waals surface area contributed by atoms with Crippen LogP contribution in [0.25, 0.3) is 0 Å². The molecule has 1 aliphatic rings. The summed E-state index contributed by atoms with van der Waals surface area (Å²) in [6.07, 6.45) is 10.6. The van der Waals surface area contributed by atoms with Gasteiger partial charge in [0.25, 0.3) is 0 Å². The van der Waals surface area contributed by atoms with Crippen LogP contribution in [0.15, 0.2) is 9.41 Å². The molecule has 6 nitrogen and oxygen atoms in total. The molecule has 6 heteroatoms. The molecule has 1 fully saturated rings. The Morgan fingerprint density at radius 2 is 1.92 bits per heavy atom. The number of oxazole rings is 1. The second-order valence-corrected chi connectivity index (χ2v) is 7.06. The van der Waals surface area contributed by atoms with Crippen molar-refractivity contribution >= 4 is 5.96 Å². The average Bonchev–Trinajstić information content (AvgIpc) is 2.81. The molecule has 0 bridgehead atoms. The molecule has 2 rings (SSSR count). The number of aryl methyl sites for hydroxylation is 2. The first-order chi connectivity index (χ1) is 12.7. The standard InChI is InChI=1S/C20H36N4O2/c1-4-21-20(23-15-19-24-16(2)17(3)26-19)22-13-9-10-14-25-18-11-7-5-6-8-12-18/h18H,4-15H2,1-3H3,(H2,21,22,23). The number of nitrogens with zero attached hydrogens (tertiary/aromatic N) is 2. The first-order valence-corrected chi connectivity index (χ1v) is 10.3. The normalized spacial score (nSPS) is 16.5. The molecule has 1 aliphatic carbocycles. The SMILES string of the molecule is CCNC(=NCc1nc(C)c(C)o1)NCCCCOC1CCCCCC1. The summed E-state index contributed by atoms with van der Waals surface area (Å²) in [7, 11) is 0. The van der Waals surface area contributed by atoms with Crippen molar-refractivity contribution in [2.24, 2.45) is 4.99 Å². The molecular weight excluding hydrogens is 328 g/mol. The van der Waals surface area contributed by atoms with Crippen LogP contribution in [-0.2, 0) is 11.3 Å². The molecule has 0 atom stereocenters. The number of unbranched alkanes of at least 4 members (excludes halogenated alkanes) is 1. The second kappa shape index (κ2) is 11.9. The summed E-state index contributed by atoms with van der Waals surface area (Å²) in [5, 5.41) is 6.64. The monoisotopic (exact) mass is 364 g/mol. The lowest BCUT2D eigenvalue weighted by molar-refractivity contribution is 0.0411. The van der Waals surface area contributed by atoms with Crippen molar-refractivity contribution in [2.75, 3.05) is 19.7 Å². The lowest BCUT2D eigenvalue weighted by Crippen LogP contribution is -2.37. The van der Waals surface area contributed by atoms with E-state index in [0.717, 1.165) is 50.0 Å². The molecule has 0 saturated heterocycles. The van der Waals surface area contributed by atoms with Crippen molar-refractivity contribution in [3.63, 3.8) is 0 Å². The van der Waals surface area contributed by atoms with E-state index in [-0.39, 0.29) is 0 Å². The van der Waals surface area contributed by atoms with Gasteiger partial charge in [0.15, 0.2) is 5.96 Å². The molecule has 0 unspecified atom stereocenters. The van der Waals surface area contributed by atoms with Gasteiger partial charge in [-0.05, 0) is 46.5 Å². The molecule has 1 aromatic rings. The summed E-state index contributed by atoms with van der Waals surface area (Å²) in [6, 6.07) is 0. The van der Waals surface area contributed by atoms with Crippen molar-refractivity contribution in [3.05, 3.63) is 17.3 Å². The fraction of sp³-hybridized carbons (Fsp3) is 0.800. The van der Waals surface area contributed by atoms with E-state index in [1.165, 1.54) is 38.5 Å². The van der Waals surface area contributed by atoms with Gasteiger partial charge in [0, 0.05) is 19.7 Å². The minimum atomic E-state index is 0.453. The van der Waals surface area contributed by atoms with E-state index in [1.54, 1.807) is 0 Å². The van der Waals surface area contributed by atoms with Gasteiger partial charge in [-0.25, -0.2) is 9.98 Å². The molecule has 0 amide bonds. The van der Waals surface area contributed by atoms with Gasteiger partial charge in [-0.2, -0.15) is 0 Å². The number of guanidine groups is 1. The van der Waals surface area contributed by atoms with Crippen LogP contribution in [-0.4, -0.2) is 36.7 Å². The van der Waals surface area contributed by atoms with E-state index < -0.39 is 0 Å². The Labute approximate surface area is 158 Å². The maximum atomic E-state index is 6.04. The van der Waals surface area contributed by atoms with Crippen molar-refractivity contribution in [3.8, 4) is 0 Å². The predicted molar refractivity (Wildman–Crippen MR) is 105 cm³/mol. The van der Waals surface area contributed by atoms with E-state index in [4.69, 9.17) is 9.15 Å². The van der Waals surface area contributed by atoms with Gasteiger partial charge in [0.2, 0.25) is 5.89 Å². The van der Waals surface area contributed by atoms with Crippen LogP contribution in [0.4, 0.5) is 0 Å². The highest BCUT2D eigenvalue weighted by molar-refractivity contribution is 5.79. The molecule has 0 radical (unpaired) electrons. The first-order valence-electron chi connectivity index (χ1n) is 10.3. The number of rotatable bonds is 9. The average molecular weight is 365 g/mol. The Morgan fingerprint density at radius 1 is 1.15 bits per heavy atom. The van der Waals surface area contributed by atoms with E-state index in [2.05, 4.69) is 27.5 Å². The third-order valence-corrected chi connectivity index (χ3v) is 4.81. The minimum Gasteiger partial charge on any atom is -0.444 e. The summed E-state index contributed by atoms with van der Waals surface area (Å²) in [6.45, 7) is 8.99. The number of ether oxygens (including phenoxy) is 1. The summed E-state index contributed by atoms with van der Waals surface area (Å²) in [5.41, 5.74) is 0.932. The van der Waals surface area contributed by atoms with E-state index in [9.17, 15) is 0 Å². The number of aromatic nitrogens is 1. The van der Waals surface area contributed by atoms with Crippen molar-refractivity contribution in [1.29, 1.82) is 0 Å². The minimum absolute atomic E-state index is 0.453. The summed E-state index contributed by atoms with van der Waals surface area (Å²) in [5.74, 6) is 2.33. The van der Waals surface area contributed by atoms with Gasteiger partial charge in [0.1, 0.15) is 12.3 Å². The van der Waals surface area contributed by atoms with Crippen LogP contribution in [0.5, 0.6) is 0 Å². The summed E-state index contributed by atoms with van der Waals surface area (Å²) in [4.78, 5) is 8.92. The zero-order valence-electron chi connectivity index (χ0n) is 16.8. The Kier molecular flexibility index (Phi) is 9.53. The van der Waals surface area contributed by atoms with Gasteiger partial charge in [0.05, 0.1) is 11.8 Å². The zero-order chi connectivity index (χ0) is 18.6. The maximum Gasteiger partial charge on any atom is 0.216 e. The molecular formula is C20H36N4O2. The quantitative estimate of drug-likeness (QED) is 0.301. The van der Waals surface area contributed by atoms with Crippen molar-refractivity contribution in [2.45, 2.75) is 84.8 Å². The van der Waals surface area contributed by atoms with Crippen LogP contribution in [0.2, 0.25) is 0 Å². The molecule has 0 spiro atoms.